The summed E-state index contributed by atoms with van der Waals surface area (Å²) in [4.78, 5) is 10.8. The van der Waals surface area contributed by atoms with Crippen LogP contribution in [0.25, 0.3) is 0 Å². The molecule has 0 bridgehead atoms. The molecule has 0 aliphatic heterocycles. The zero-order chi connectivity index (χ0) is 15.6. The van der Waals surface area contributed by atoms with Gasteiger partial charge in [-0.3, -0.25) is 4.72 Å². The van der Waals surface area contributed by atoms with Crippen molar-refractivity contribution >= 4 is 27.4 Å². The number of carbonyl (C=O) groups is 1. The molecule has 0 fully saturated rings. The van der Waals surface area contributed by atoms with Crippen LogP contribution in [0.5, 0.6) is 0 Å². The smallest absolute Gasteiger partial charge is 0.335 e. The topological polar surface area (TPSA) is 136 Å². The van der Waals surface area contributed by atoms with Gasteiger partial charge in [-0.2, -0.15) is 0 Å². The lowest BCUT2D eigenvalue weighted by Gasteiger charge is -2.09. The van der Waals surface area contributed by atoms with Gasteiger partial charge in [-0.1, -0.05) is 5.16 Å². The van der Waals surface area contributed by atoms with Crippen LogP contribution in [0.15, 0.2) is 28.8 Å². The monoisotopic (exact) mass is 311 g/mol. The number of aromatic nitrogens is 1. The molecular weight excluding hydrogens is 298 g/mol. The van der Waals surface area contributed by atoms with E-state index in [1.54, 1.807) is 6.92 Å². The Bertz CT molecular complexity index is 782. The largest absolute Gasteiger partial charge is 0.478 e. The zero-order valence-corrected chi connectivity index (χ0v) is 11.8. The number of rotatable bonds is 5. The highest BCUT2D eigenvalue weighted by molar-refractivity contribution is 7.91. The maximum atomic E-state index is 12.0. The third-order valence-electron chi connectivity index (χ3n) is 2.58. The molecule has 0 unspecified atom stereocenters. The first kappa shape index (κ1) is 14.9. The Labute approximate surface area is 120 Å². The number of carboxylic acids is 1. The normalized spacial score (nSPS) is 11.3. The Morgan fingerprint density at radius 2 is 2.14 bits per heavy atom. The lowest BCUT2D eigenvalue weighted by Crippen LogP contribution is -2.16. The Hall–Kier alpha value is -2.55. The number of aromatic carboxylic acids is 1. The van der Waals surface area contributed by atoms with E-state index < -0.39 is 16.0 Å². The molecule has 0 amide bonds. The van der Waals surface area contributed by atoms with Crippen LogP contribution in [-0.4, -0.2) is 24.7 Å². The molecule has 0 saturated carbocycles. The van der Waals surface area contributed by atoms with Gasteiger partial charge in [0.25, 0.3) is 0 Å². The summed E-state index contributed by atoms with van der Waals surface area (Å²) in [6.45, 7) is 1.65. The first-order valence-electron chi connectivity index (χ1n) is 5.82. The molecule has 4 N–H and O–H groups in total. The average molecular weight is 311 g/mol. The van der Waals surface area contributed by atoms with Crippen molar-refractivity contribution in [2.24, 2.45) is 0 Å². The third-order valence-corrected chi connectivity index (χ3v) is 3.79. The van der Waals surface area contributed by atoms with Crippen LogP contribution in [0.2, 0.25) is 0 Å². The second-order valence-electron chi connectivity index (χ2n) is 4.40. The number of sulfonamides is 1. The summed E-state index contributed by atoms with van der Waals surface area (Å²) >= 11 is 0. The van der Waals surface area contributed by atoms with Crippen molar-refractivity contribution < 1.29 is 22.8 Å². The van der Waals surface area contributed by atoms with Gasteiger partial charge in [-0.25, -0.2) is 13.2 Å². The summed E-state index contributed by atoms with van der Waals surface area (Å²) < 4.78 is 31.0. The minimum absolute atomic E-state index is 0.0230. The van der Waals surface area contributed by atoms with E-state index in [0.717, 1.165) is 0 Å². The molecule has 1 aromatic heterocycles. The Balaban J connectivity index is 2.18. The van der Waals surface area contributed by atoms with Gasteiger partial charge in [0.1, 0.15) is 17.2 Å². The van der Waals surface area contributed by atoms with Crippen molar-refractivity contribution in [3.8, 4) is 0 Å². The van der Waals surface area contributed by atoms with E-state index in [2.05, 4.69) is 9.88 Å². The molecule has 0 atom stereocenters. The second-order valence-corrected chi connectivity index (χ2v) is 6.12. The summed E-state index contributed by atoms with van der Waals surface area (Å²) in [7, 11) is -3.73. The fourth-order valence-corrected chi connectivity index (χ4v) is 2.79. The molecule has 21 heavy (non-hydrogen) atoms. The Kier molecular flexibility index (Phi) is 3.85. The summed E-state index contributed by atoms with van der Waals surface area (Å²) in [6.07, 6.45) is 0. The first-order valence-corrected chi connectivity index (χ1v) is 7.47. The SMILES string of the molecule is Cc1cc(CS(=O)(=O)Nc2ccc(C(=O)O)cc2N)no1. The van der Waals surface area contributed by atoms with Crippen molar-refractivity contribution in [1.82, 2.24) is 5.16 Å². The Morgan fingerprint density at radius 1 is 1.43 bits per heavy atom. The lowest BCUT2D eigenvalue weighted by molar-refractivity contribution is 0.0697. The highest BCUT2D eigenvalue weighted by atomic mass is 32.2. The van der Waals surface area contributed by atoms with Gasteiger partial charge in [0.15, 0.2) is 0 Å². The number of carboxylic acid groups (broad SMARTS) is 1. The van der Waals surface area contributed by atoms with E-state index in [9.17, 15) is 13.2 Å². The third kappa shape index (κ3) is 3.72. The van der Waals surface area contributed by atoms with Gasteiger partial charge in [0.2, 0.25) is 10.0 Å². The molecule has 0 spiro atoms. The van der Waals surface area contributed by atoms with Crippen LogP contribution < -0.4 is 10.5 Å². The predicted octanol–water partition coefficient (Wildman–Crippen LogP) is 1.21. The number of nitrogens with zero attached hydrogens (tertiary/aromatic N) is 1. The molecular formula is C12H13N3O5S. The zero-order valence-electron chi connectivity index (χ0n) is 11.0. The van der Waals surface area contributed by atoms with Crippen LogP contribution >= 0.6 is 0 Å². The summed E-state index contributed by atoms with van der Waals surface area (Å²) in [5, 5.41) is 12.4. The van der Waals surface area contributed by atoms with Crippen molar-refractivity contribution in [2.45, 2.75) is 12.7 Å². The molecule has 0 aliphatic carbocycles. The number of anilines is 2. The maximum Gasteiger partial charge on any atom is 0.335 e. The minimum atomic E-state index is -3.73. The molecule has 1 aromatic carbocycles. The van der Waals surface area contributed by atoms with E-state index in [0.29, 0.717) is 5.76 Å². The van der Waals surface area contributed by atoms with Crippen molar-refractivity contribution in [3.05, 3.63) is 41.3 Å². The Morgan fingerprint density at radius 3 is 2.67 bits per heavy atom. The molecule has 1 heterocycles. The van der Waals surface area contributed by atoms with Crippen LogP contribution in [-0.2, 0) is 15.8 Å². The molecule has 2 rings (SSSR count). The summed E-state index contributed by atoms with van der Waals surface area (Å²) in [5.41, 5.74) is 6.01. The van der Waals surface area contributed by atoms with Crippen LogP contribution in [0.3, 0.4) is 0 Å². The number of nitrogen functional groups attached to an aromatic ring is 1. The van der Waals surface area contributed by atoms with Gasteiger partial charge >= 0.3 is 5.97 Å². The standard InChI is InChI=1S/C12H13N3O5S/c1-7-4-9(14-20-7)6-21(18,19)15-11-3-2-8(12(16)17)5-10(11)13/h2-5,15H,6,13H2,1H3,(H,16,17). The number of hydrogen-bond donors (Lipinski definition) is 3. The average Bonchev–Trinajstić information content (AvgIpc) is 2.76. The summed E-state index contributed by atoms with van der Waals surface area (Å²) in [5.74, 6) is -1.01. The molecule has 2 aromatic rings. The highest BCUT2D eigenvalue weighted by Crippen LogP contribution is 2.22. The van der Waals surface area contributed by atoms with Crippen molar-refractivity contribution in [2.75, 3.05) is 10.5 Å². The van der Waals surface area contributed by atoms with E-state index in [1.807, 2.05) is 0 Å². The van der Waals surface area contributed by atoms with Crippen molar-refractivity contribution in [1.29, 1.82) is 0 Å². The predicted molar refractivity (Wildman–Crippen MR) is 75.3 cm³/mol. The van der Waals surface area contributed by atoms with Gasteiger partial charge < -0.3 is 15.4 Å². The number of nitrogens with one attached hydrogen (secondary N) is 1. The number of nitrogens with two attached hydrogens (primary N) is 1. The van der Waals surface area contributed by atoms with Crippen LogP contribution in [0.1, 0.15) is 21.8 Å². The minimum Gasteiger partial charge on any atom is -0.478 e. The van der Waals surface area contributed by atoms with E-state index in [1.165, 1.54) is 24.3 Å². The molecule has 112 valence electrons. The quantitative estimate of drug-likeness (QED) is 0.706. The molecule has 0 aliphatic rings. The molecule has 0 radical (unpaired) electrons. The van der Waals surface area contributed by atoms with Crippen molar-refractivity contribution in [3.63, 3.8) is 0 Å². The highest BCUT2D eigenvalue weighted by Gasteiger charge is 2.16. The number of hydrogen-bond acceptors (Lipinski definition) is 6. The van der Waals surface area contributed by atoms with Crippen LogP contribution in [0.4, 0.5) is 11.4 Å². The number of benzene rings is 1. The number of aryl methyl sites for hydroxylation is 1. The van der Waals surface area contributed by atoms with E-state index in [4.69, 9.17) is 15.4 Å². The molecule has 0 saturated heterocycles. The maximum absolute atomic E-state index is 12.0. The van der Waals surface area contributed by atoms with E-state index in [-0.39, 0.29) is 28.4 Å². The van der Waals surface area contributed by atoms with Gasteiger partial charge in [-0.05, 0) is 25.1 Å². The van der Waals surface area contributed by atoms with Gasteiger partial charge in [-0.15, -0.1) is 0 Å². The van der Waals surface area contributed by atoms with Gasteiger partial charge in [0.05, 0.1) is 16.9 Å². The second kappa shape index (κ2) is 5.44. The first-order chi connectivity index (χ1) is 9.77. The van der Waals surface area contributed by atoms with E-state index >= 15 is 0 Å². The molecule has 9 heteroatoms. The van der Waals surface area contributed by atoms with Gasteiger partial charge in [0, 0.05) is 6.07 Å². The fraction of sp³-hybridized carbons (Fsp3) is 0.167. The fourth-order valence-electron chi connectivity index (χ4n) is 1.67. The summed E-state index contributed by atoms with van der Waals surface area (Å²) in [6, 6.07) is 5.25. The lowest BCUT2D eigenvalue weighted by atomic mass is 10.2. The van der Waals surface area contributed by atoms with Crippen LogP contribution in [0, 0.1) is 6.92 Å². The molecule has 8 nitrogen and oxygen atoms in total.